The van der Waals surface area contributed by atoms with Crippen molar-refractivity contribution in [2.24, 2.45) is 0 Å². The maximum atomic E-state index is 5.63. The molecule has 1 heterocycles. The van der Waals surface area contributed by atoms with Gasteiger partial charge in [0.1, 0.15) is 0 Å². The number of methoxy groups -OCH3 is 2. The van der Waals surface area contributed by atoms with Crippen molar-refractivity contribution in [3.05, 3.63) is 89.5 Å². The Morgan fingerprint density at radius 2 is 1.41 bits per heavy atom. The van der Waals surface area contributed by atoms with Crippen molar-refractivity contribution in [1.29, 1.82) is 0 Å². The van der Waals surface area contributed by atoms with Crippen LogP contribution in [0.1, 0.15) is 23.6 Å². The molecular weight excluding hydrogens is 334 g/mol. The molecule has 0 saturated carbocycles. The van der Waals surface area contributed by atoms with Gasteiger partial charge in [0.25, 0.3) is 0 Å². The van der Waals surface area contributed by atoms with Crippen molar-refractivity contribution in [3.8, 4) is 11.5 Å². The Morgan fingerprint density at radius 3 is 2.04 bits per heavy atom. The maximum Gasteiger partial charge on any atom is 0.161 e. The number of ether oxygens (including phenoxy) is 2. The summed E-state index contributed by atoms with van der Waals surface area (Å²) in [6, 6.07) is 25.6. The van der Waals surface area contributed by atoms with Crippen LogP contribution in [0.5, 0.6) is 11.5 Å². The van der Waals surface area contributed by atoms with Crippen LogP contribution in [0.3, 0.4) is 0 Å². The normalized spacial score (nSPS) is 18.7. The molecule has 0 aliphatic carbocycles. The summed E-state index contributed by atoms with van der Waals surface area (Å²) < 4.78 is 11.2. The van der Waals surface area contributed by atoms with Crippen LogP contribution < -0.4 is 14.4 Å². The molecular formula is C24H25NO2. The number of hydrogen-bond donors (Lipinski definition) is 0. The predicted octanol–water partition coefficient (Wildman–Crippen LogP) is 5.03. The molecule has 0 saturated heterocycles. The van der Waals surface area contributed by atoms with Crippen LogP contribution in [0.4, 0.5) is 5.69 Å². The van der Waals surface area contributed by atoms with Crippen molar-refractivity contribution in [3.63, 3.8) is 0 Å². The quantitative estimate of drug-likeness (QED) is 0.652. The molecule has 138 valence electrons. The van der Waals surface area contributed by atoms with E-state index in [0.29, 0.717) is 0 Å². The third kappa shape index (κ3) is 2.84. The molecule has 4 rings (SSSR count). The summed E-state index contributed by atoms with van der Waals surface area (Å²) in [6.45, 7) is 3.25. The second kappa shape index (κ2) is 6.99. The number of hydrogen-bond acceptors (Lipinski definition) is 3. The molecule has 3 aromatic carbocycles. The lowest BCUT2D eigenvalue weighted by Gasteiger charge is -2.48. The molecule has 0 fully saturated rings. The minimum atomic E-state index is -0.296. The molecule has 0 bridgehead atoms. The Hall–Kier alpha value is -2.94. The van der Waals surface area contributed by atoms with Gasteiger partial charge < -0.3 is 14.4 Å². The summed E-state index contributed by atoms with van der Waals surface area (Å²) >= 11 is 0. The van der Waals surface area contributed by atoms with Gasteiger partial charge in [-0.05, 0) is 54.3 Å². The largest absolute Gasteiger partial charge is 0.493 e. The van der Waals surface area contributed by atoms with E-state index in [0.717, 1.165) is 24.5 Å². The van der Waals surface area contributed by atoms with Gasteiger partial charge in [-0.1, -0.05) is 48.5 Å². The Bertz CT molecular complexity index is 924. The summed E-state index contributed by atoms with van der Waals surface area (Å²) in [6.07, 6.45) is 0.965. The molecule has 1 aliphatic heterocycles. The van der Waals surface area contributed by atoms with E-state index in [9.17, 15) is 0 Å². The number of anilines is 1. The van der Waals surface area contributed by atoms with Gasteiger partial charge in [-0.2, -0.15) is 0 Å². The van der Waals surface area contributed by atoms with Gasteiger partial charge in [-0.15, -0.1) is 0 Å². The highest BCUT2D eigenvalue weighted by Gasteiger charge is 2.41. The number of benzene rings is 3. The highest BCUT2D eigenvalue weighted by molar-refractivity contribution is 5.62. The highest BCUT2D eigenvalue weighted by atomic mass is 16.5. The van der Waals surface area contributed by atoms with Gasteiger partial charge >= 0.3 is 0 Å². The summed E-state index contributed by atoms with van der Waals surface area (Å²) in [4.78, 5) is 2.50. The van der Waals surface area contributed by atoms with Gasteiger partial charge in [0.05, 0.1) is 19.8 Å². The van der Waals surface area contributed by atoms with E-state index in [1.54, 1.807) is 14.2 Å². The van der Waals surface area contributed by atoms with Crippen LogP contribution in [0.15, 0.2) is 72.8 Å². The molecule has 0 N–H and O–H groups in total. The molecule has 1 aliphatic rings. The smallest absolute Gasteiger partial charge is 0.161 e. The second-order valence-corrected chi connectivity index (χ2v) is 7.04. The van der Waals surface area contributed by atoms with Crippen molar-refractivity contribution >= 4 is 5.69 Å². The average Bonchev–Trinajstić information content (AvgIpc) is 2.74. The zero-order valence-corrected chi connectivity index (χ0v) is 16.1. The minimum absolute atomic E-state index is 0.296. The van der Waals surface area contributed by atoms with Gasteiger partial charge in [0, 0.05) is 12.2 Å². The van der Waals surface area contributed by atoms with E-state index >= 15 is 0 Å². The summed E-state index contributed by atoms with van der Waals surface area (Å²) in [5.41, 5.74) is 4.77. The Morgan fingerprint density at radius 1 is 0.815 bits per heavy atom. The van der Waals surface area contributed by atoms with E-state index < -0.39 is 0 Å². The molecule has 3 aromatic rings. The third-order valence-electron chi connectivity index (χ3n) is 5.68. The molecule has 3 nitrogen and oxygen atoms in total. The lowest BCUT2D eigenvalue weighted by atomic mass is 9.76. The van der Waals surface area contributed by atoms with Crippen LogP contribution in [-0.2, 0) is 12.0 Å². The first-order valence-electron chi connectivity index (χ1n) is 9.32. The minimum Gasteiger partial charge on any atom is -0.493 e. The van der Waals surface area contributed by atoms with Gasteiger partial charge in [-0.25, -0.2) is 0 Å². The molecule has 27 heavy (non-hydrogen) atoms. The molecule has 1 atom stereocenters. The van der Waals surface area contributed by atoms with Crippen molar-refractivity contribution < 1.29 is 9.47 Å². The third-order valence-corrected chi connectivity index (χ3v) is 5.68. The summed E-state index contributed by atoms with van der Waals surface area (Å²) in [5.74, 6) is 1.56. The van der Waals surface area contributed by atoms with Crippen LogP contribution >= 0.6 is 0 Å². The van der Waals surface area contributed by atoms with E-state index in [-0.39, 0.29) is 5.54 Å². The lowest BCUT2D eigenvalue weighted by molar-refractivity contribution is 0.351. The van der Waals surface area contributed by atoms with Crippen molar-refractivity contribution in [2.75, 3.05) is 25.7 Å². The average molecular weight is 359 g/mol. The zero-order chi connectivity index (χ0) is 18.9. The first-order valence-corrected chi connectivity index (χ1v) is 9.32. The Balaban J connectivity index is 1.96. The van der Waals surface area contributed by atoms with Gasteiger partial charge in [0.2, 0.25) is 0 Å². The van der Waals surface area contributed by atoms with Crippen molar-refractivity contribution in [1.82, 2.24) is 0 Å². The monoisotopic (exact) mass is 359 g/mol. The fourth-order valence-electron chi connectivity index (χ4n) is 4.25. The van der Waals surface area contributed by atoms with E-state index in [4.69, 9.17) is 9.47 Å². The molecule has 0 radical (unpaired) electrons. The number of rotatable bonds is 4. The second-order valence-electron chi connectivity index (χ2n) is 7.04. The van der Waals surface area contributed by atoms with Crippen molar-refractivity contribution in [2.45, 2.75) is 18.9 Å². The van der Waals surface area contributed by atoms with Crippen LogP contribution in [-0.4, -0.2) is 20.8 Å². The van der Waals surface area contributed by atoms with E-state index in [1.807, 2.05) is 0 Å². The fourth-order valence-corrected chi connectivity index (χ4v) is 4.25. The number of para-hydroxylation sites is 1. The van der Waals surface area contributed by atoms with Gasteiger partial charge in [-0.3, -0.25) is 0 Å². The Kier molecular flexibility index (Phi) is 4.53. The number of fused-ring (bicyclic) bond motifs is 1. The lowest BCUT2D eigenvalue weighted by Crippen LogP contribution is -2.49. The molecule has 3 heteroatoms. The van der Waals surface area contributed by atoms with Crippen LogP contribution in [0.2, 0.25) is 0 Å². The fraction of sp³-hybridized carbons (Fsp3) is 0.250. The molecule has 0 amide bonds. The Labute approximate surface area is 161 Å². The SMILES string of the molecule is COc1cc2c(cc1OC)C(C)(c1ccccc1)N(c1ccccc1)CC2. The molecule has 0 aromatic heterocycles. The van der Waals surface area contributed by atoms with Gasteiger partial charge in [0.15, 0.2) is 11.5 Å². The van der Waals surface area contributed by atoms with Crippen LogP contribution in [0.25, 0.3) is 0 Å². The zero-order valence-electron chi connectivity index (χ0n) is 16.1. The topological polar surface area (TPSA) is 21.7 Å². The first kappa shape index (κ1) is 17.5. The summed E-state index contributed by atoms with van der Waals surface area (Å²) in [5, 5.41) is 0. The summed E-state index contributed by atoms with van der Waals surface area (Å²) in [7, 11) is 3.39. The maximum absolute atomic E-state index is 5.63. The molecule has 0 spiro atoms. The first-order chi connectivity index (χ1) is 13.2. The van der Waals surface area contributed by atoms with Crippen LogP contribution in [0, 0.1) is 0 Å². The van der Waals surface area contributed by atoms with E-state index in [1.165, 1.54) is 22.4 Å². The molecule has 1 unspecified atom stereocenters. The highest BCUT2D eigenvalue weighted by Crippen LogP contribution is 2.46. The van der Waals surface area contributed by atoms with E-state index in [2.05, 4.69) is 84.6 Å². The number of nitrogens with zero attached hydrogens (tertiary/aromatic N) is 1. The standard InChI is InChI=1S/C24H25NO2/c1-24(19-10-6-4-7-11-19)21-17-23(27-3)22(26-2)16-18(21)14-15-25(24)20-12-8-5-9-13-20/h4-13,16-17H,14-15H2,1-3H3. The predicted molar refractivity (Wildman–Crippen MR) is 110 cm³/mol.